The predicted molar refractivity (Wildman–Crippen MR) is 81.7 cm³/mol. The largest absolute Gasteiger partial charge is 0.493 e. The van der Waals surface area contributed by atoms with Crippen LogP contribution in [0, 0.1) is 12.7 Å². The van der Waals surface area contributed by atoms with Crippen molar-refractivity contribution in [2.24, 2.45) is 5.73 Å². The van der Waals surface area contributed by atoms with E-state index in [1.807, 2.05) is 13.0 Å². The molecule has 0 fully saturated rings. The smallest absolute Gasteiger partial charge is 0.161 e. The van der Waals surface area contributed by atoms with Crippen molar-refractivity contribution in [1.82, 2.24) is 0 Å². The molecule has 0 aliphatic carbocycles. The zero-order chi connectivity index (χ0) is 15.6. The lowest BCUT2D eigenvalue weighted by Crippen LogP contribution is -2.15. The summed E-state index contributed by atoms with van der Waals surface area (Å²) in [5.41, 5.74) is 8.20. The number of hydrogen-bond acceptors (Lipinski definition) is 3. The monoisotopic (exact) mass is 309 g/mol. The van der Waals surface area contributed by atoms with E-state index in [-0.39, 0.29) is 5.82 Å². The molecule has 0 saturated heterocycles. The topological polar surface area (TPSA) is 44.5 Å². The van der Waals surface area contributed by atoms with Gasteiger partial charge in [0.25, 0.3) is 0 Å². The van der Waals surface area contributed by atoms with Crippen molar-refractivity contribution in [3.8, 4) is 11.5 Å². The van der Waals surface area contributed by atoms with Crippen molar-refractivity contribution in [2.75, 3.05) is 14.2 Å². The standard InChI is InChI=1S/C16H17ClFNO2/c1-9-6-14(20-2)15(21-3)8-11(9)16(19)12-7-10(17)4-5-13(12)18/h4-8,16H,19H2,1-3H3. The molecule has 0 bridgehead atoms. The minimum absolute atomic E-state index is 0.345. The fraction of sp³-hybridized carbons (Fsp3) is 0.250. The molecule has 112 valence electrons. The van der Waals surface area contributed by atoms with E-state index in [1.165, 1.54) is 18.2 Å². The van der Waals surface area contributed by atoms with Gasteiger partial charge in [-0.1, -0.05) is 11.6 Å². The van der Waals surface area contributed by atoms with Gasteiger partial charge in [0.2, 0.25) is 0 Å². The van der Waals surface area contributed by atoms with Crippen LogP contribution in [0.4, 0.5) is 4.39 Å². The molecule has 2 aromatic carbocycles. The van der Waals surface area contributed by atoms with Gasteiger partial charge in [-0.25, -0.2) is 4.39 Å². The summed E-state index contributed by atoms with van der Waals surface area (Å²) in [5, 5.41) is 0.444. The van der Waals surface area contributed by atoms with Crippen LogP contribution in [0.1, 0.15) is 22.7 Å². The van der Waals surface area contributed by atoms with Crippen LogP contribution >= 0.6 is 11.6 Å². The van der Waals surface area contributed by atoms with Crippen molar-refractivity contribution < 1.29 is 13.9 Å². The van der Waals surface area contributed by atoms with Gasteiger partial charge in [0.05, 0.1) is 20.3 Å². The van der Waals surface area contributed by atoms with E-state index >= 15 is 0 Å². The first-order chi connectivity index (χ1) is 9.97. The number of ether oxygens (including phenoxy) is 2. The molecule has 3 nitrogen and oxygen atoms in total. The van der Waals surface area contributed by atoms with Crippen molar-refractivity contribution in [2.45, 2.75) is 13.0 Å². The van der Waals surface area contributed by atoms with Gasteiger partial charge >= 0.3 is 0 Å². The maximum absolute atomic E-state index is 14.0. The van der Waals surface area contributed by atoms with Gasteiger partial charge < -0.3 is 15.2 Å². The lowest BCUT2D eigenvalue weighted by molar-refractivity contribution is 0.354. The Kier molecular flexibility index (Phi) is 4.70. The van der Waals surface area contributed by atoms with Gasteiger partial charge in [-0.2, -0.15) is 0 Å². The first-order valence-electron chi connectivity index (χ1n) is 6.41. The summed E-state index contributed by atoms with van der Waals surface area (Å²) in [6.07, 6.45) is 0. The van der Waals surface area contributed by atoms with Crippen LogP contribution in [0.5, 0.6) is 11.5 Å². The van der Waals surface area contributed by atoms with Crippen LogP contribution < -0.4 is 15.2 Å². The number of benzene rings is 2. The molecular weight excluding hydrogens is 293 g/mol. The number of hydrogen-bond donors (Lipinski definition) is 1. The Bertz CT molecular complexity index is 661. The second-order valence-corrected chi connectivity index (χ2v) is 5.14. The third-order valence-corrected chi connectivity index (χ3v) is 3.64. The molecule has 2 rings (SSSR count). The zero-order valence-electron chi connectivity index (χ0n) is 12.1. The first kappa shape index (κ1) is 15.6. The predicted octanol–water partition coefficient (Wildman–Crippen LogP) is 3.85. The molecule has 0 saturated carbocycles. The van der Waals surface area contributed by atoms with Gasteiger partial charge in [-0.3, -0.25) is 0 Å². The quantitative estimate of drug-likeness (QED) is 0.933. The summed E-state index contributed by atoms with van der Waals surface area (Å²) in [7, 11) is 3.11. The Balaban J connectivity index is 2.52. The zero-order valence-corrected chi connectivity index (χ0v) is 12.9. The minimum Gasteiger partial charge on any atom is -0.493 e. The van der Waals surface area contributed by atoms with Crippen LogP contribution in [0.25, 0.3) is 0 Å². The number of halogens is 2. The van der Waals surface area contributed by atoms with Crippen LogP contribution in [0.2, 0.25) is 5.02 Å². The van der Waals surface area contributed by atoms with E-state index < -0.39 is 6.04 Å². The van der Waals surface area contributed by atoms with Gasteiger partial charge in [-0.15, -0.1) is 0 Å². The average Bonchev–Trinajstić information content (AvgIpc) is 2.48. The van der Waals surface area contributed by atoms with E-state index in [1.54, 1.807) is 20.3 Å². The van der Waals surface area contributed by atoms with Crippen molar-refractivity contribution in [3.05, 3.63) is 57.9 Å². The summed E-state index contributed by atoms with van der Waals surface area (Å²) >= 11 is 5.93. The van der Waals surface area contributed by atoms with Crippen LogP contribution in [-0.4, -0.2) is 14.2 Å². The molecule has 0 heterocycles. The summed E-state index contributed by atoms with van der Waals surface area (Å²) in [6.45, 7) is 1.89. The fourth-order valence-corrected chi connectivity index (χ4v) is 2.43. The van der Waals surface area contributed by atoms with E-state index in [4.69, 9.17) is 26.8 Å². The third-order valence-electron chi connectivity index (χ3n) is 3.40. The summed E-state index contributed by atoms with van der Waals surface area (Å²) < 4.78 is 24.5. The molecule has 0 radical (unpaired) electrons. The van der Waals surface area contributed by atoms with Crippen LogP contribution in [0.15, 0.2) is 30.3 Å². The summed E-state index contributed by atoms with van der Waals surface area (Å²) in [5.74, 6) is 0.773. The molecular formula is C16H17ClFNO2. The highest BCUT2D eigenvalue weighted by Crippen LogP contribution is 2.35. The Morgan fingerprint density at radius 1 is 1.05 bits per heavy atom. The average molecular weight is 310 g/mol. The number of aryl methyl sites for hydroxylation is 1. The molecule has 0 amide bonds. The maximum atomic E-state index is 14.0. The van der Waals surface area contributed by atoms with E-state index in [0.29, 0.717) is 22.1 Å². The molecule has 21 heavy (non-hydrogen) atoms. The molecule has 2 N–H and O–H groups in total. The molecule has 5 heteroatoms. The lowest BCUT2D eigenvalue weighted by Gasteiger charge is -2.19. The maximum Gasteiger partial charge on any atom is 0.161 e. The normalized spacial score (nSPS) is 12.1. The molecule has 0 aliphatic heterocycles. The highest BCUT2D eigenvalue weighted by atomic mass is 35.5. The van der Waals surface area contributed by atoms with Gasteiger partial charge in [0, 0.05) is 10.6 Å². The molecule has 1 atom stereocenters. The first-order valence-corrected chi connectivity index (χ1v) is 6.78. The van der Waals surface area contributed by atoms with Crippen molar-refractivity contribution >= 4 is 11.6 Å². The Morgan fingerprint density at radius 2 is 1.67 bits per heavy atom. The second-order valence-electron chi connectivity index (χ2n) is 4.71. The summed E-state index contributed by atoms with van der Waals surface area (Å²) in [6, 6.07) is 7.29. The van der Waals surface area contributed by atoms with Gasteiger partial charge in [-0.05, 0) is 48.4 Å². The Labute approximate surface area is 128 Å². The third kappa shape index (κ3) is 3.12. The van der Waals surface area contributed by atoms with Crippen LogP contribution in [0.3, 0.4) is 0 Å². The molecule has 0 spiro atoms. The lowest BCUT2D eigenvalue weighted by atomic mass is 9.95. The highest BCUT2D eigenvalue weighted by Gasteiger charge is 2.18. The molecule has 2 aromatic rings. The SMILES string of the molecule is COc1cc(C)c(C(N)c2cc(Cl)ccc2F)cc1OC. The van der Waals surface area contributed by atoms with E-state index in [9.17, 15) is 4.39 Å². The molecule has 0 aliphatic rings. The van der Waals surface area contributed by atoms with Crippen LogP contribution in [-0.2, 0) is 0 Å². The Morgan fingerprint density at radius 3 is 2.29 bits per heavy atom. The van der Waals surface area contributed by atoms with Crippen molar-refractivity contribution in [3.63, 3.8) is 0 Å². The van der Waals surface area contributed by atoms with E-state index in [2.05, 4.69) is 0 Å². The Hall–Kier alpha value is -1.78. The fourth-order valence-electron chi connectivity index (χ4n) is 2.25. The number of methoxy groups -OCH3 is 2. The van der Waals surface area contributed by atoms with Crippen molar-refractivity contribution in [1.29, 1.82) is 0 Å². The highest BCUT2D eigenvalue weighted by molar-refractivity contribution is 6.30. The number of nitrogens with two attached hydrogens (primary N) is 1. The molecule has 1 unspecified atom stereocenters. The van der Waals surface area contributed by atoms with E-state index in [0.717, 1.165) is 11.1 Å². The van der Waals surface area contributed by atoms with Gasteiger partial charge in [0.15, 0.2) is 11.5 Å². The second kappa shape index (κ2) is 6.33. The molecule has 0 aromatic heterocycles. The number of rotatable bonds is 4. The summed E-state index contributed by atoms with van der Waals surface area (Å²) in [4.78, 5) is 0. The minimum atomic E-state index is -0.636. The van der Waals surface area contributed by atoms with Gasteiger partial charge in [0.1, 0.15) is 5.82 Å².